The minimum atomic E-state index is -0.336. The molecule has 0 bridgehead atoms. The highest BCUT2D eigenvalue weighted by molar-refractivity contribution is 5.77. The Kier molecular flexibility index (Phi) is 8.13. The predicted octanol–water partition coefficient (Wildman–Crippen LogP) is 4.22. The summed E-state index contributed by atoms with van der Waals surface area (Å²) >= 11 is 0. The first-order chi connectivity index (χ1) is 9.84. The summed E-state index contributed by atoms with van der Waals surface area (Å²) in [6, 6.07) is 0. The highest BCUT2D eigenvalue weighted by atomic mass is 16.5. The van der Waals surface area contributed by atoms with Crippen molar-refractivity contribution in [2.45, 2.75) is 68.2 Å². The second-order valence-electron chi connectivity index (χ2n) is 8.40. The number of esters is 2. The van der Waals surface area contributed by atoms with Crippen LogP contribution >= 0.6 is 0 Å². The Morgan fingerprint density at radius 1 is 0.727 bits per heavy atom. The molecule has 0 heterocycles. The van der Waals surface area contributed by atoms with Gasteiger partial charge in [-0.3, -0.25) is 9.59 Å². The molecule has 130 valence electrons. The highest BCUT2D eigenvalue weighted by Crippen LogP contribution is 2.26. The molecule has 0 aromatic carbocycles. The molecule has 0 aliphatic carbocycles. The van der Waals surface area contributed by atoms with Crippen LogP contribution in [0.25, 0.3) is 0 Å². The molecule has 4 nitrogen and oxygen atoms in total. The first-order valence-electron chi connectivity index (χ1n) is 8.15. The van der Waals surface area contributed by atoms with Crippen molar-refractivity contribution >= 4 is 11.9 Å². The van der Waals surface area contributed by atoms with Gasteiger partial charge in [0.05, 0.1) is 26.1 Å². The van der Waals surface area contributed by atoms with Crippen LogP contribution in [-0.2, 0) is 19.1 Å². The average Bonchev–Trinajstić information content (AvgIpc) is 2.37. The molecule has 0 spiro atoms. The zero-order chi connectivity index (χ0) is 17.6. The molecule has 0 saturated carbocycles. The van der Waals surface area contributed by atoms with E-state index in [0.717, 1.165) is 0 Å². The summed E-state index contributed by atoms with van der Waals surface area (Å²) in [6.45, 7) is 17.5. The van der Waals surface area contributed by atoms with Gasteiger partial charge >= 0.3 is 11.9 Å². The van der Waals surface area contributed by atoms with E-state index in [0.29, 0.717) is 13.2 Å². The fourth-order valence-electron chi connectivity index (χ4n) is 1.28. The molecular weight excluding hydrogens is 280 g/mol. The van der Waals surface area contributed by atoms with Crippen molar-refractivity contribution < 1.29 is 19.1 Å². The Labute approximate surface area is 135 Å². The summed E-state index contributed by atoms with van der Waals surface area (Å²) in [7, 11) is 0. The summed E-state index contributed by atoms with van der Waals surface area (Å²) < 4.78 is 10.4. The molecule has 0 amide bonds. The molecule has 0 fully saturated rings. The molecule has 22 heavy (non-hydrogen) atoms. The maximum atomic E-state index is 11.6. The van der Waals surface area contributed by atoms with E-state index in [-0.39, 0.29) is 47.4 Å². The van der Waals surface area contributed by atoms with Gasteiger partial charge in [-0.1, -0.05) is 55.4 Å². The smallest absolute Gasteiger partial charge is 0.306 e. The lowest BCUT2D eigenvalue weighted by Gasteiger charge is -2.27. The van der Waals surface area contributed by atoms with Gasteiger partial charge in [-0.05, 0) is 22.7 Å². The Morgan fingerprint density at radius 2 is 1.00 bits per heavy atom. The molecule has 0 N–H and O–H groups in total. The number of carbonyl (C=O) groups is 2. The quantitative estimate of drug-likeness (QED) is 0.660. The number of rotatable bonds is 7. The SMILES string of the molecule is CC(COC(=O)CCC(=O)OCC(C)C(C)(C)C)C(C)(C)C. The van der Waals surface area contributed by atoms with Gasteiger partial charge in [0.1, 0.15) is 0 Å². The van der Waals surface area contributed by atoms with E-state index in [4.69, 9.17) is 9.47 Å². The second-order valence-corrected chi connectivity index (χ2v) is 8.40. The van der Waals surface area contributed by atoms with Gasteiger partial charge in [0.25, 0.3) is 0 Å². The molecule has 2 unspecified atom stereocenters. The third-order valence-electron chi connectivity index (χ3n) is 4.48. The first kappa shape index (κ1) is 20.9. The Balaban J connectivity index is 3.94. The molecule has 4 heteroatoms. The maximum Gasteiger partial charge on any atom is 0.306 e. The van der Waals surface area contributed by atoms with Crippen molar-refractivity contribution in [3.8, 4) is 0 Å². The van der Waals surface area contributed by atoms with Gasteiger partial charge in [0, 0.05) is 0 Å². The minimum absolute atomic E-state index is 0.0829. The monoisotopic (exact) mass is 314 g/mol. The fraction of sp³-hybridized carbons (Fsp3) is 0.889. The Hall–Kier alpha value is -1.06. The summed E-state index contributed by atoms with van der Waals surface area (Å²) in [5.74, 6) is -0.124. The third-order valence-corrected chi connectivity index (χ3v) is 4.48. The van der Waals surface area contributed by atoms with Gasteiger partial charge in [0.15, 0.2) is 0 Å². The Morgan fingerprint density at radius 3 is 1.23 bits per heavy atom. The molecule has 0 aromatic rings. The number of ether oxygens (including phenoxy) is 2. The van der Waals surface area contributed by atoms with Crippen LogP contribution in [0.15, 0.2) is 0 Å². The van der Waals surface area contributed by atoms with Gasteiger partial charge in [0.2, 0.25) is 0 Å². The molecule has 0 rings (SSSR count). The van der Waals surface area contributed by atoms with E-state index in [1.54, 1.807) is 0 Å². The van der Waals surface area contributed by atoms with Gasteiger partial charge in [-0.25, -0.2) is 0 Å². The van der Waals surface area contributed by atoms with Gasteiger partial charge in [-0.15, -0.1) is 0 Å². The van der Waals surface area contributed by atoms with Crippen LogP contribution in [0, 0.1) is 22.7 Å². The van der Waals surface area contributed by atoms with Crippen molar-refractivity contribution in [1.29, 1.82) is 0 Å². The minimum Gasteiger partial charge on any atom is -0.465 e. The zero-order valence-corrected chi connectivity index (χ0v) is 15.6. The predicted molar refractivity (Wildman–Crippen MR) is 88.4 cm³/mol. The van der Waals surface area contributed by atoms with E-state index < -0.39 is 0 Å². The largest absolute Gasteiger partial charge is 0.465 e. The van der Waals surface area contributed by atoms with Crippen LogP contribution in [0.4, 0.5) is 0 Å². The van der Waals surface area contributed by atoms with Crippen LogP contribution < -0.4 is 0 Å². The molecule has 0 radical (unpaired) electrons. The van der Waals surface area contributed by atoms with E-state index in [9.17, 15) is 9.59 Å². The third kappa shape index (κ3) is 9.06. The number of hydrogen-bond donors (Lipinski definition) is 0. The second kappa shape index (κ2) is 8.54. The lowest BCUT2D eigenvalue weighted by atomic mass is 9.83. The summed E-state index contributed by atoms with van der Waals surface area (Å²) in [4.78, 5) is 23.3. The van der Waals surface area contributed by atoms with Crippen molar-refractivity contribution in [2.24, 2.45) is 22.7 Å². The van der Waals surface area contributed by atoms with Crippen LogP contribution in [0.2, 0.25) is 0 Å². The first-order valence-corrected chi connectivity index (χ1v) is 8.15. The highest BCUT2D eigenvalue weighted by Gasteiger charge is 2.23. The van der Waals surface area contributed by atoms with Gasteiger partial charge in [-0.2, -0.15) is 0 Å². The standard InChI is InChI=1S/C18H34O4/c1-13(17(3,4)5)11-21-15(19)9-10-16(20)22-12-14(2)18(6,7)8/h13-14H,9-12H2,1-8H3. The van der Waals surface area contributed by atoms with Crippen molar-refractivity contribution in [3.05, 3.63) is 0 Å². The van der Waals surface area contributed by atoms with Crippen molar-refractivity contribution in [3.63, 3.8) is 0 Å². The molecule has 0 aliphatic heterocycles. The van der Waals surface area contributed by atoms with Crippen LogP contribution in [0.1, 0.15) is 68.2 Å². The number of hydrogen-bond acceptors (Lipinski definition) is 4. The zero-order valence-electron chi connectivity index (χ0n) is 15.6. The summed E-state index contributed by atoms with van der Waals surface area (Å²) in [6.07, 6.45) is 0.166. The van der Waals surface area contributed by atoms with Crippen molar-refractivity contribution in [2.75, 3.05) is 13.2 Å². The lowest BCUT2D eigenvalue weighted by molar-refractivity contribution is -0.152. The average molecular weight is 314 g/mol. The Bertz CT molecular complexity index is 324. The van der Waals surface area contributed by atoms with Gasteiger partial charge < -0.3 is 9.47 Å². The summed E-state index contributed by atoms with van der Waals surface area (Å²) in [5, 5.41) is 0. The maximum absolute atomic E-state index is 11.6. The van der Waals surface area contributed by atoms with Crippen molar-refractivity contribution in [1.82, 2.24) is 0 Å². The van der Waals surface area contributed by atoms with E-state index in [2.05, 4.69) is 55.4 Å². The molecule has 0 aliphatic rings. The molecule has 2 atom stereocenters. The van der Waals surface area contributed by atoms with Crippen LogP contribution in [0.5, 0.6) is 0 Å². The lowest BCUT2D eigenvalue weighted by Crippen LogP contribution is -2.25. The molecule has 0 aromatic heterocycles. The number of carbonyl (C=O) groups excluding carboxylic acids is 2. The molecule has 0 saturated heterocycles. The van der Waals surface area contributed by atoms with E-state index in [1.165, 1.54) is 0 Å². The summed E-state index contributed by atoms with van der Waals surface area (Å²) in [5.41, 5.74) is 0.199. The van der Waals surface area contributed by atoms with Crippen LogP contribution in [-0.4, -0.2) is 25.2 Å². The molecular formula is C18H34O4. The van der Waals surface area contributed by atoms with E-state index >= 15 is 0 Å². The fourth-order valence-corrected chi connectivity index (χ4v) is 1.28. The normalized spacial score (nSPS) is 15.1. The van der Waals surface area contributed by atoms with E-state index in [1.807, 2.05) is 0 Å². The van der Waals surface area contributed by atoms with Crippen LogP contribution in [0.3, 0.4) is 0 Å². The topological polar surface area (TPSA) is 52.6 Å².